The van der Waals surface area contributed by atoms with Gasteiger partial charge in [-0.2, -0.15) is 4.31 Å². The smallest absolute Gasteiger partial charge is 0.206 e. The number of hydrogen-bond donors (Lipinski definition) is 0. The van der Waals surface area contributed by atoms with Crippen LogP contribution in [0.5, 0.6) is 0 Å². The normalized spacial score (nSPS) is 12.2. The van der Waals surface area contributed by atoms with Gasteiger partial charge in [-0.1, -0.05) is 13.0 Å². The molecule has 0 bridgehead atoms. The summed E-state index contributed by atoms with van der Waals surface area (Å²) in [5, 5.41) is 1.77. The topological polar surface area (TPSA) is 37.4 Å². The lowest BCUT2D eigenvalue weighted by Gasteiger charge is -2.18. The van der Waals surface area contributed by atoms with Crippen LogP contribution in [0.1, 0.15) is 13.3 Å². The Bertz CT molecular complexity index is 375. The summed E-state index contributed by atoms with van der Waals surface area (Å²) in [6, 6.07) is 3.37. The van der Waals surface area contributed by atoms with Crippen molar-refractivity contribution >= 4 is 33.0 Å². The fourth-order valence-corrected chi connectivity index (χ4v) is 3.97. The summed E-state index contributed by atoms with van der Waals surface area (Å²) in [4.78, 5) is 0. The number of alkyl halides is 1. The molecule has 0 N–H and O–H groups in total. The van der Waals surface area contributed by atoms with Crippen LogP contribution < -0.4 is 0 Å². The second kappa shape index (κ2) is 5.84. The van der Waals surface area contributed by atoms with Gasteiger partial charge in [0.25, 0.3) is 10.0 Å². The summed E-state index contributed by atoms with van der Waals surface area (Å²) >= 11 is 6.80. The lowest BCUT2D eigenvalue weighted by Crippen LogP contribution is -2.31. The van der Waals surface area contributed by atoms with E-state index >= 15 is 0 Å². The van der Waals surface area contributed by atoms with E-state index in [1.54, 1.807) is 17.5 Å². The van der Waals surface area contributed by atoms with Gasteiger partial charge in [-0.15, -0.1) is 22.9 Å². The third-order valence-electron chi connectivity index (χ3n) is 1.98. The van der Waals surface area contributed by atoms with Crippen molar-refractivity contribution in [3.8, 4) is 0 Å². The van der Waals surface area contributed by atoms with Crippen LogP contribution in [-0.4, -0.2) is 31.7 Å². The molecule has 0 spiro atoms. The molecule has 0 radical (unpaired) electrons. The summed E-state index contributed by atoms with van der Waals surface area (Å²) in [7, 11) is -3.29. The molecule has 1 rings (SSSR count). The summed E-state index contributed by atoms with van der Waals surface area (Å²) in [5.74, 6) is 0.483. The molecule has 0 saturated heterocycles. The molecule has 0 aliphatic heterocycles. The Morgan fingerprint density at radius 2 is 2.27 bits per heavy atom. The van der Waals surface area contributed by atoms with E-state index in [2.05, 4.69) is 0 Å². The van der Waals surface area contributed by atoms with Crippen LogP contribution in [-0.2, 0) is 10.0 Å². The third kappa shape index (κ3) is 3.17. The minimum Gasteiger partial charge on any atom is -0.206 e. The molecule has 1 heterocycles. The van der Waals surface area contributed by atoms with Gasteiger partial charge in [0.2, 0.25) is 0 Å². The SMILES string of the molecule is CCN(CCCCl)S(=O)(=O)c1cccs1. The Morgan fingerprint density at radius 1 is 1.53 bits per heavy atom. The summed E-state index contributed by atoms with van der Waals surface area (Å²) in [6.07, 6.45) is 0.681. The van der Waals surface area contributed by atoms with Gasteiger partial charge >= 0.3 is 0 Å². The molecule has 15 heavy (non-hydrogen) atoms. The predicted molar refractivity (Wildman–Crippen MR) is 64.1 cm³/mol. The maximum absolute atomic E-state index is 12.0. The first kappa shape index (κ1) is 13.0. The molecule has 6 heteroatoms. The van der Waals surface area contributed by atoms with Gasteiger partial charge in [0, 0.05) is 19.0 Å². The summed E-state index contributed by atoms with van der Waals surface area (Å²) in [5.41, 5.74) is 0. The fourth-order valence-electron chi connectivity index (χ4n) is 1.22. The number of nitrogens with zero attached hydrogens (tertiary/aromatic N) is 1. The van der Waals surface area contributed by atoms with E-state index in [-0.39, 0.29) is 0 Å². The highest BCUT2D eigenvalue weighted by Crippen LogP contribution is 2.20. The average Bonchev–Trinajstić information content (AvgIpc) is 2.72. The van der Waals surface area contributed by atoms with E-state index in [4.69, 9.17) is 11.6 Å². The van der Waals surface area contributed by atoms with Crippen molar-refractivity contribution in [1.82, 2.24) is 4.31 Å². The molecular formula is C9H14ClNO2S2. The van der Waals surface area contributed by atoms with E-state index in [0.29, 0.717) is 29.6 Å². The zero-order chi connectivity index (χ0) is 11.3. The van der Waals surface area contributed by atoms with Crippen LogP contribution >= 0.6 is 22.9 Å². The molecule has 1 aromatic rings. The first-order valence-electron chi connectivity index (χ1n) is 4.72. The van der Waals surface area contributed by atoms with Crippen LogP contribution in [0.25, 0.3) is 0 Å². The van der Waals surface area contributed by atoms with Gasteiger partial charge in [0.1, 0.15) is 4.21 Å². The van der Waals surface area contributed by atoms with E-state index in [1.165, 1.54) is 15.6 Å². The van der Waals surface area contributed by atoms with E-state index < -0.39 is 10.0 Å². The van der Waals surface area contributed by atoms with Crippen molar-refractivity contribution in [2.75, 3.05) is 19.0 Å². The molecule has 0 fully saturated rings. The monoisotopic (exact) mass is 267 g/mol. The Morgan fingerprint density at radius 3 is 2.73 bits per heavy atom. The molecule has 0 aliphatic carbocycles. The van der Waals surface area contributed by atoms with Crippen molar-refractivity contribution in [2.45, 2.75) is 17.6 Å². The Hall–Kier alpha value is -0.100. The first-order valence-corrected chi connectivity index (χ1v) is 7.58. The van der Waals surface area contributed by atoms with E-state index in [9.17, 15) is 8.42 Å². The lowest BCUT2D eigenvalue weighted by atomic mass is 10.5. The van der Waals surface area contributed by atoms with Crippen molar-refractivity contribution in [3.63, 3.8) is 0 Å². The number of thiophene rings is 1. The second-order valence-corrected chi connectivity index (χ2v) is 6.46. The van der Waals surface area contributed by atoms with Crippen LogP contribution in [0, 0.1) is 0 Å². The largest absolute Gasteiger partial charge is 0.252 e. The highest BCUT2D eigenvalue weighted by Gasteiger charge is 2.22. The van der Waals surface area contributed by atoms with Crippen LogP contribution in [0.2, 0.25) is 0 Å². The van der Waals surface area contributed by atoms with Crippen molar-refractivity contribution < 1.29 is 8.42 Å². The zero-order valence-electron chi connectivity index (χ0n) is 8.52. The number of halogens is 1. The number of hydrogen-bond acceptors (Lipinski definition) is 3. The average molecular weight is 268 g/mol. The van der Waals surface area contributed by atoms with Crippen molar-refractivity contribution in [3.05, 3.63) is 17.5 Å². The molecule has 0 amide bonds. The van der Waals surface area contributed by atoms with Crippen molar-refractivity contribution in [1.29, 1.82) is 0 Å². The number of rotatable bonds is 6. The Labute approximate surface area is 99.7 Å². The fraction of sp³-hybridized carbons (Fsp3) is 0.556. The predicted octanol–water partition coefficient (Wildman–Crippen LogP) is 2.39. The van der Waals surface area contributed by atoms with Crippen LogP contribution in [0.4, 0.5) is 0 Å². The summed E-state index contributed by atoms with van der Waals surface area (Å²) in [6.45, 7) is 2.80. The molecule has 0 atom stereocenters. The molecule has 1 aromatic heterocycles. The quantitative estimate of drug-likeness (QED) is 0.742. The van der Waals surface area contributed by atoms with Gasteiger partial charge in [-0.25, -0.2) is 8.42 Å². The molecule has 3 nitrogen and oxygen atoms in total. The molecule has 0 aliphatic rings. The molecule has 0 saturated carbocycles. The maximum Gasteiger partial charge on any atom is 0.252 e. The molecular weight excluding hydrogens is 254 g/mol. The minimum atomic E-state index is -3.29. The molecule has 86 valence electrons. The second-order valence-electron chi connectivity index (χ2n) is 2.97. The highest BCUT2D eigenvalue weighted by molar-refractivity contribution is 7.91. The molecule has 0 aromatic carbocycles. The standard InChI is InChI=1S/C9H14ClNO2S2/c1-2-11(7-4-6-10)15(12,13)9-5-3-8-14-9/h3,5,8H,2,4,6-7H2,1H3. The van der Waals surface area contributed by atoms with Gasteiger partial charge in [0.15, 0.2) is 0 Å². The minimum absolute atomic E-state index is 0.402. The zero-order valence-corrected chi connectivity index (χ0v) is 10.9. The lowest BCUT2D eigenvalue weighted by molar-refractivity contribution is 0.429. The summed E-state index contributed by atoms with van der Waals surface area (Å²) < 4.78 is 25.9. The van der Waals surface area contributed by atoms with E-state index in [0.717, 1.165) is 0 Å². The van der Waals surface area contributed by atoms with Gasteiger partial charge in [-0.05, 0) is 17.9 Å². The van der Waals surface area contributed by atoms with Gasteiger partial charge in [-0.3, -0.25) is 0 Å². The third-order valence-corrected chi connectivity index (χ3v) is 5.60. The highest BCUT2D eigenvalue weighted by atomic mass is 35.5. The van der Waals surface area contributed by atoms with Crippen LogP contribution in [0.3, 0.4) is 0 Å². The van der Waals surface area contributed by atoms with Crippen molar-refractivity contribution in [2.24, 2.45) is 0 Å². The van der Waals surface area contributed by atoms with Gasteiger partial charge in [0.05, 0.1) is 0 Å². The van der Waals surface area contributed by atoms with Crippen LogP contribution in [0.15, 0.2) is 21.7 Å². The van der Waals surface area contributed by atoms with Gasteiger partial charge < -0.3 is 0 Å². The Balaban J connectivity index is 2.83. The Kier molecular flexibility index (Phi) is 5.05. The molecule has 0 unspecified atom stereocenters. The van der Waals surface area contributed by atoms with E-state index in [1.807, 2.05) is 6.92 Å². The first-order chi connectivity index (χ1) is 7.12. The number of sulfonamides is 1. The maximum atomic E-state index is 12.0.